The van der Waals surface area contributed by atoms with E-state index in [1.54, 1.807) is 18.3 Å². The lowest BCUT2D eigenvalue weighted by atomic mass is 9.97. The molecule has 0 aliphatic carbocycles. The molecule has 0 saturated carbocycles. The van der Waals surface area contributed by atoms with Crippen LogP contribution in [0.1, 0.15) is 31.3 Å². The molecule has 0 N–H and O–H groups in total. The zero-order chi connectivity index (χ0) is 19.3. The average molecular weight is 385 g/mol. The lowest BCUT2D eigenvalue weighted by molar-refractivity contribution is 0.397. The second kappa shape index (κ2) is 6.34. The fourth-order valence-electron chi connectivity index (χ4n) is 3.99. The van der Waals surface area contributed by atoms with Gasteiger partial charge in [0.1, 0.15) is 0 Å². The number of sulfone groups is 1. The van der Waals surface area contributed by atoms with Gasteiger partial charge < -0.3 is 9.47 Å². The molecule has 0 amide bonds. The maximum absolute atomic E-state index is 12.0. The first-order valence-electron chi connectivity index (χ1n) is 9.15. The van der Waals surface area contributed by atoms with Crippen molar-refractivity contribution in [2.75, 3.05) is 17.7 Å². The molecule has 3 aromatic rings. The van der Waals surface area contributed by atoms with E-state index in [4.69, 9.17) is 0 Å². The van der Waals surface area contributed by atoms with Crippen LogP contribution in [0.15, 0.2) is 41.4 Å². The highest BCUT2D eigenvalue weighted by molar-refractivity contribution is 7.90. The van der Waals surface area contributed by atoms with Gasteiger partial charge in [0, 0.05) is 47.8 Å². The number of rotatable bonds is 3. The van der Waals surface area contributed by atoms with Gasteiger partial charge >= 0.3 is 0 Å². The Morgan fingerprint density at radius 3 is 2.59 bits per heavy atom. The molecule has 7 heteroatoms. The number of nitrogens with zero attached hydrogens (tertiary/aromatic N) is 4. The van der Waals surface area contributed by atoms with Gasteiger partial charge in [0.15, 0.2) is 9.84 Å². The highest BCUT2D eigenvalue weighted by atomic mass is 32.2. The molecule has 0 spiro atoms. The molecular weight excluding hydrogens is 360 g/mol. The quantitative estimate of drug-likeness (QED) is 0.693. The van der Waals surface area contributed by atoms with Gasteiger partial charge in [-0.2, -0.15) is 0 Å². The molecule has 0 radical (unpaired) electrons. The molecule has 1 aliphatic heterocycles. The Labute approximate surface area is 159 Å². The van der Waals surface area contributed by atoms with Gasteiger partial charge in [-0.25, -0.2) is 18.4 Å². The number of fused-ring (bicyclic) bond motifs is 3. The summed E-state index contributed by atoms with van der Waals surface area (Å²) in [6.07, 6.45) is 3.06. The summed E-state index contributed by atoms with van der Waals surface area (Å²) in [5.41, 5.74) is 3.11. The summed E-state index contributed by atoms with van der Waals surface area (Å²) in [6.45, 7) is 7.92. The van der Waals surface area contributed by atoms with E-state index in [-0.39, 0.29) is 6.04 Å². The van der Waals surface area contributed by atoms with E-state index >= 15 is 0 Å². The first-order chi connectivity index (χ1) is 12.8. The third kappa shape index (κ3) is 3.10. The fraction of sp³-hybridized carbons (Fsp3) is 0.400. The molecule has 0 bridgehead atoms. The SMILES string of the molecule is Cc1ccnc(N2CCn3c(cc4ccc(S(C)(=O)=O)cc43)[C@@H]2C(C)C)n1. The standard InChI is InChI=1S/C20H24N4O2S/c1-13(2)19-18-11-15-5-6-16(27(4,25)26)12-17(15)23(18)9-10-24(19)20-21-8-7-14(3)22-20/h5-8,11-13,19H,9-10H2,1-4H3/t19-/m0/s1. The van der Waals surface area contributed by atoms with Crippen LogP contribution in [0.25, 0.3) is 10.9 Å². The van der Waals surface area contributed by atoms with Gasteiger partial charge in [0.05, 0.1) is 10.9 Å². The van der Waals surface area contributed by atoms with Crippen molar-refractivity contribution in [2.24, 2.45) is 5.92 Å². The lowest BCUT2D eigenvalue weighted by Gasteiger charge is -2.39. The van der Waals surface area contributed by atoms with Gasteiger partial charge in [-0.15, -0.1) is 0 Å². The van der Waals surface area contributed by atoms with E-state index in [9.17, 15) is 8.42 Å². The second-order valence-electron chi connectivity index (χ2n) is 7.59. The Balaban J connectivity index is 1.87. The zero-order valence-corrected chi connectivity index (χ0v) is 16.9. The van der Waals surface area contributed by atoms with Gasteiger partial charge in [-0.3, -0.25) is 0 Å². The van der Waals surface area contributed by atoms with Crippen molar-refractivity contribution in [3.05, 3.63) is 47.9 Å². The van der Waals surface area contributed by atoms with Crippen LogP contribution in [0.4, 0.5) is 5.95 Å². The number of aryl methyl sites for hydroxylation is 1. The fourth-order valence-corrected chi connectivity index (χ4v) is 4.63. The van der Waals surface area contributed by atoms with E-state index in [1.807, 2.05) is 19.1 Å². The monoisotopic (exact) mass is 384 g/mol. The van der Waals surface area contributed by atoms with Gasteiger partial charge in [-0.05, 0) is 37.1 Å². The van der Waals surface area contributed by atoms with Crippen molar-refractivity contribution in [1.82, 2.24) is 14.5 Å². The van der Waals surface area contributed by atoms with E-state index < -0.39 is 9.84 Å². The molecule has 2 aromatic heterocycles. The Morgan fingerprint density at radius 2 is 1.93 bits per heavy atom. The average Bonchev–Trinajstić information content (AvgIpc) is 2.97. The molecule has 0 unspecified atom stereocenters. The second-order valence-corrected chi connectivity index (χ2v) is 9.61. The highest BCUT2D eigenvalue weighted by Gasteiger charge is 2.33. The van der Waals surface area contributed by atoms with Gasteiger partial charge in [-0.1, -0.05) is 19.9 Å². The molecule has 1 atom stereocenters. The molecule has 1 aliphatic rings. The van der Waals surface area contributed by atoms with Crippen molar-refractivity contribution in [3.63, 3.8) is 0 Å². The van der Waals surface area contributed by atoms with Crippen molar-refractivity contribution < 1.29 is 8.42 Å². The van der Waals surface area contributed by atoms with Crippen LogP contribution in [0.2, 0.25) is 0 Å². The lowest BCUT2D eigenvalue weighted by Crippen LogP contribution is -2.41. The smallest absolute Gasteiger partial charge is 0.226 e. The van der Waals surface area contributed by atoms with E-state index in [0.717, 1.165) is 35.6 Å². The van der Waals surface area contributed by atoms with E-state index in [2.05, 4.69) is 39.3 Å². The summed E-state index contributed by atoms with van der Waals surface area (Å²) < 4.78 is 26.2. The summed E-state index contributed by atoms with van der Waals surface area (Å²) in [4.78, 5) is 11.8. The van der Waals surface area contributed by atoms with Crippen LogP contribution < -0.4 is 4.90 Å². The number of aromatic nitrogens is 3. The molecular formula is C20H24N4O2S. The highest BCUT2D eigenvalue weighted by Crippen LogP contribution is 2.38. The Hall–Kier alpha value is -2.41. The van der Waals surface area contributed by atoms with Crippen LogP contribution in [0.5, 0.6) is 0 Å². The van der Waals surface area contributed by atoms with Gasteiger partial charge in [0.25, 0.3) is 0 Å². The third-order valence-corrected chi connectivity index (χ3v) is 6.32. The molecule has 1 aromatic carbocycles. The minimum atomic E-state index is -3.23. The predicted molar refractivity (Wildman–Crippen MR) is 107 cm³/mol. The minimum Gasteiger partial charge on any atom is -0.341 e. The molecule has 3 heterocycles. The minimum absolute atomic E-state index is 0.134. The molecule has 0 fully saturated rings. The molecule has 142 valence electrons. The summed E-state index contributed by atoms with van der Waals surface area (Å²) in [5, 5.41) is 1.06. The van der Waals surface area contributed by atoms with Crippen molar-refractivity contribution in [1.29, 1.82) is 0 Å². The van der Waals surface area contributed by atoms with E-state index in [0.29, 0.717) is 10.8 Å². The van der Waals surface area contributed by atoms with Crippen LogP contribution in [0, 0.1) is 12.8 Å². The number of anilines is 1. The number of hydrogen-bond acceptors (Lipinski definition) is 5. The topological polar surface area (TPSA) is 68.1 Å². The van der Waals surface area contributed by atoms with Crippen molar-refractivity contribution in [3.8, 4) is 0 Å². The summed E-state index contributed by atoms with van der Waals surface area (Å²) >= 11 is 0. The summed E-state index contributed by atoms with van der Waals surface area (Å²) in [7, 11) is -3.23. The van der Waals surface area contributed by atoms with Crippen LogP contribution in [0.3, 0.4) is 0 Å². The maximum atomic E-state index is 12.0. The third-order valence-electron chi connectivity index (χ3n) is 5.21. The van der Waals surface area contributed by atoms with Crippen molar-refractivity contribution >= 4 is 26.7 Å². The van der Waals surface area contributed by atoms with E-state index in [1.165, 1.54) is 11.9 Å². The Kier molecular flexibility index (Phi) is 4.22. The van der Waals surface area contributed by atoms with Crippen LogP contribution in [-0.4, -0.2) is 35.8 Å². The molecule has 4 rings (SSSR count). The van der Waals surface area contributed by atoms with Crippen LogP contribution >= 0.6 is 0 Å². The first-order valence-corrected chi connectivity index (χ1v) is 11.0. The first kappa shape index (κ1) is 18.0. The molecule has 6 nitrogen and oxygen atoms in total. The van der Waals surface area contributed by atoms with Gasteiger partial charge in [0.2, 0.25) is 5.95 Å². The van der Waals surface area contributed by atoms with Crippen LogP contribution in [-0.2, 0) is 16.4 Å². The normalized spacial score (nSPS) is 17.5. The Bertz CT molecular complexity index is 1120. The summed E-state index contributed by atoms with van der Waals surface area (Å²) in [6, 6.07) is 9.60. The Morgan fingerprint density at radius 1 is 1.15 bits per heavy atom. The van der Waals surface area contributed by atoms with Crippen molar-refractivity contribution in [2.45, 2.75) is 38.3 Å². The maximum Gasteiger partial charge on any atom is 0.226 e. The zero-order valence-electron chi connectivity index (χ0n) is 16.0. The number of benzene rings is 1. The number of hydrogen-bond donors (Lipinski definition) is 0. The predicted octanol–water partition coefficient (Wildman–Crippen LogP) is 3.36. The molecule has 0 saturated heterocycles. The largest absolute Gasteiger partial charge is 0.341 e. The molecule has 27 heavy (non-hydrogen) atoms. The summed E-state index contributed by atoms with van der Waals surface area (Å²) in [5.74, 6) is 1.11.